The maximum atomic E-state index is 13.1. The summed E-state index contributed by atoms with van der Waals surface area (Å²) < 4.78 is 44.8. The molecule has 0 spiro atoms. The molecular weight excluding hydrogens is 524 g/mol. The van der Waals surface area contributed by atoms with Crippen molar-refractivity contribution in [3.05, 3.63) is 24.5 Å². The van der Waals surface area contributed by atoms with Crippen molar-refractivity contribution in [2.75, 3.05) is 51.0 Å². The maximum Gasteiger partial charge on any atom is 0.238 e. The number of fused-ring (bicyclic) bond motifs is 1. The topological polar surface area (TPSA) is 138 Å². The van der Waals surface area contributed by atoms with Crippen LogP contribution in [0, 0.1) is 11.8 Å². The van der Waals surface area contributed by atoms with Crippen LogP contribution >= 0.6 is 0 Å². The van der Waals surface area contributed by atoms with Crippen molar-refractivity contribution in [3.63, 3.8) is 0 Å². The Morgan fingerprint density at radius 3 is 2.74 bits per heavy atom. The van der Waals surface area contributed by atoms with E-state index in [1.54, 1.807) is 30.2 Å². The summed E-state index contributed by atoms with van der Waals surface area (Å²) in [6.07, 6.45) is 7.85. The van der Waals surface area contributed by atoms with Crippen molar-refractivity contribution in [1.29, 1.82) is 0 Å². The van der Waals surface area contributed by atoms with E-state index in [2.05, 4.69) is 14.8 Å². The predicted molar refractivity (Wildman–Crippen MR) is 145 cm³/mol. The van der Waals surface area contributed by atoms with Crippen LogP contribution in [0.5, 0.6) is 11.6 Å². The Morgan fingerprint density at radius 2 is 2.00 bits per heavy atom. The molecule has 2 saturated heterocycles. The minimum absolute atomic E-state index is 0.0522. The van der Waals surface area contributed by atoms with Gasteiger partial charge in [-0.2, -0.15) is 5.10 Å². The highest BCUT2D eigenvalue weighted by Gasteiger charge is 2.30. The zero-order valence-corrected chi connectivity index (χ0v) is 23.2. The van der Waals surface area contributed by atoms with E-state index < -0.39 is 10.0 Å². The third kappa shape index (κ3) is 6.25. The molecule has 2 aliphatic heterocycles. The molecule has 1 N–H and O–H groups in total. The molecule has 5 heterocycles. The Labute approximate surface area is 227 Å². The van der Waals surface area contributed by atoms with Crippen molar-refractivity contribution in [2.45, 2.75) is 25.7 Å². The number of carbonyl (C=O) groups is 1. The number of aromatic nitrogens is 4. The van der Waals surface area contributed by atoms with E-state index in [1.807, 2.05) is 11.0 Å². The van der Waals surface area contributed by atoms with E-state index in [0.717, 1.165) is 43.9 Å². The Kier molecular flexibility index (Phi) is 7.89. The molecule has 1 atom stereocenters. The molecule has 12 nitrogen and oxygen atoms in total. The van der Waals surface area contributed by atoms with Crippen molar-refractivity contribution >= 4 is 32.7 Å². The highest BCUT2D eigenvalue weighted by molar-refractivity contribution is 7.92. The van der Waals surface area contributed by atoms with E-state index in [1.165, 1.54) is 7.11 Å². The first-order valence-electron chi connectivity index (χ1n) is 13.1. The van der Waals surface area contributed by atoms with Gasteiger partial charge in [0.1, 0.15) is 11.4 Å². The lowest BCUT2D eigenvalue weighted by Crippen LogP contribution is -2.45. The summed E-state index contributed by atoms with van der Waals surface area (Å²) in [7, 11) is -0.332. The van der Waals surface area contributed by atoms with E-state index in [0.29, 0.717) is 49.0 Å². The maximum absolute atomic E-state index is 13.1. The van der Waals surface area contributed by atoms with Crippen LogP contribution in [0.2, 0.25) is 0 Å². The zero-order valence-electron chi connectivity index (χ0n) is 22.4. The van der Waals surface area contributed by atoms with Crippen LogP contribution in [0.3, 0.4) is 0 Å². The first kappa shape index (κ1) is 27.1. The van der Waals surface area contributed by atoms with Crippen molar-refractivity contribution in [2.24, 2.45) is 18.9 Å². The monoisotopic (exact) mass is 558 g/mol. The second-order valence-corrected chi connectivity index (χ2v) is 11.9. The molecule has 5 rings (SSSR count). The van der Waals surface area contributed by atoms with Gasteiger partial charge in [-0.25, -0.2) is 18.4 Å². The molecular formula is C26H34N6O6S. The van der Waals surface area contributed by atoms with Gasteiger partial charge >= 0.3 is 0 Å². The number of ether oxygens (including phenoxy) is 3. The van der Waals surface area contributed by atoms with Gasteiger partial charge < -0.3 is 19.1 Å². The number of anilines is 1. The molecule has 210 valence electrons. The van der Waals surface area contributed by atoms with E-state index in [9.17, 15) is 13.2 Å². The number of pyridine rings is 2. The number of nitrogens with one attached hydrogen (secondary N) is 1. The summed E-state index contributed by atoms with van der Waals surface area (Å²) in [5, 5.41) is 5.12. The number of aryl methyl sites for hydroxylation is 1. The fourth-order valence-electron chi connectivity index (χ4n) is 5.19. The number of carbonyl (C=O) groups excluding carboxylic acids is 1. The van der Waals surface area contributed by atoms with E-state index in [4.69, 9.17) is 19.2 Å². The first-order chi connectivity index (χ1) is 18.7. The van der Waals surface area contributed by atoms with Crippen LogP contribution in [0.25, 0.3) is 22.3 Å². The van der Waals surface area contributed by atoms with Crippen molar-refractivity contribution < 1.29 is 27.4 Å². The largest absolute Gasteiger partial charge is 0.492 e. The van der Waals surface area contributed by atoms with Gasteiger partial charge in [-0.05, 0) is 31.7 Å². The number of likely N-dealkylation sites (tertiary alicyclic amines) is 1. The van der Waals surface area contributed by atoms with E-state index in [-0.39, 0.29) is 29.3 Å². The number of methoxy groups -OCH3 is 1. The summed E-state index contributed by atoms with van der Waals surface area (Å²) in [6.45, 7) is 3.21. The molecule has 0 saturated carbocycles. The summed E-state index contributed by atoms with van der Waals surface area (Å²) >= 11 is 0. The first-order valence-corrected chi connectivity index (χ1v) is 14.9. The van der Waals surface area contributed by atoms with Gasteiger partial charge in [-0.3, -0.25) is 14.2 Å². The highest BCUT2D eigenvalue weighted by Crippen LogP contribution is 2.33. The summed E-state index contributed by atoms with van der Waals surface area (Å²) in [5.74, 6) is 1.26. The van der Waals surface area contributed by atoms with Crippen molar-refractivity contribution in [1.82, 2.24) is 24.6 Å². The van der Waals surface area contributed by atoms with Crippen LogP contribution in [-0.4, -0.2) is 85.2 Å². The highest BCUT2D eigenvalue weighted by atomic mass is 32.2. The summed E-state index contributed by atoms with van der Waals surface area (Å²) in [6, 6.07) is 3.44. The second-order valence-electron chi connectivity index (χ2n) is 10.2. The molecule has 3 aromatic heterocycles. The summed E-state index contributed by atoms with van der Waals surface area (Å²) in [5.41, 5.74) is 1.97. The molecule has 39 heavy (non-hydrogen) atoms. The number of nitrogens with zero attached hydrogens (tertiary/aromatic N) is 5. The molecule has 0 aromatic carbocycles. The van der Waals surface area contributed by atoms with Crippen LogP contribution in [0.4, 0.5) is 5.69 Å². The Morgan fingerprint density at radius 1 is 1.21 bits per heavy atom. The lowest BCUT2D eigenvalue weighted by Gasteiger charge is -2.35. The Balaban J connectivity index is 1.37. The molecule has 2 aliphatic rings. The lowest BCUT2D eigenvalue weighted by molar-refractivity contribution is -0.140. The smallest absolute Gasteiger partial charge is 0.238 e. The Bertz CT molecular complexity index is 1450. The van der Waals surface area contributed by atoms with Gasteiger partial charge in [0.25, 0.3) is 0 Å². The van der Waals surface area contributed by atoms with Gasteiger partial charge in [-0.15, -0.1) is 0 Å². The molecule has 13 heteroatoms. The fraction of sp³-hybridized carbons (Fsp3) is 0.538. The SMILES string of the molecule is COc1ncc(-c2cc(OC[C@@H]3CCCN(C(=O)C4CCOCC4)C3)c3cnn(C)c3n2)cc1NS(C)(=O)=O. The molecule has 0 unspecified atom stereocenters. The molecule has 2 fully saturated rings. The van der Waals surface area contributed by atoms with Gasteiger partial charge in [0.2, 0.25) is 21.8 Å². The van der Waals surface area contributed by atoms with E-state index >= 15 is 0 Å². The second kappa shape index (κ2) is 11.3. The van der Waals surface area contributed by atoms with Crippen LogP contribution in [0.1, 0.15) is 25.7 Å². The average Bonchev–Trinajstić information content (AvgIpc) is 3.31. The Hall–Kier alpha value is -3.45. The number of hydrogen-bond donors (Lipinski definition) is 1. The van der Waals surface area contributed by atoms with Crippen LogP contribution in [-0.2, 0) is 26.6 Å². The zero-order chi connectivity index (χ0) is 27.6. The van der Waals surface area contributed by atoms with Crippen molar-refractivity contribution in [3.8, 4) is 22.9 Å². The molecule has 3 aromatic rings. The van der Waals surface area contributed by atoms with Crippen LogP contribution in [0.15, 0.2) is 24.5 Å². The number of amides is 1. The number of rotatable bonds is 8. The van der Waals surface area contributed by atoms with Gasteiger partial charge in [0, 0.05) is 63.0 Å². The average molecular weight is 559 g/mol. The molecule has 0 aliphatic carbocycles. The third-order valence-electron chi connectivity index (χ3n) is 7.18. The normalized spacial score (nSPS) is 18.7. The standard InChI is InChI=1S/C26H34N6O6S/c1-31-24-20(14-28-31)23(12-21(29-24)19-11-22(30-39(3,34)35)25(36-2)27-13-19)38-16-17-5-4-8-32(15-17)26(33)18-6-9-37-10-7-18/h11-14,17-18,30H,4-10,15-16H2,1-3H3/t17-/m1/s1. The number of hydrogen-bond acceptors (Lipinski definition) is 9. The van der Waals surface area contributed by atoms with Gasteiger partial charge in [0.15, 0.2) is 5.65 Å². The fourth-order valence-corrected chi connectivity index (χ4v) is 5.74. The minimum Gasteiger partial charge on any atom is -0.492 e. The van der Waals surface area contributed by atoms with Crippen LogP contribution < -0.4 is 14.2 Å². The predicted octanol–water partition coefficient (Wildman–Crippen LogP) is 2.45. The number of sulfonamides is 1. The lowest BCUT2D eigenvalue weighted by atomic mass is 9.94. The van der Waals surface area contributed by atoms with Gasteiger partial charge in [-0.1, -0.05) is 0 Å². The molecule has 0 radical (unpaired) electrons. The minimum atomic E-state index is -3.55. The quantitative estimate of drug-likeness (QED) is 0.442. The third-order valence-corrected chi connectivity index (χ3v) is 7.77. The summed E-state index contributed by atoms with van der Waals surface area (Å²) in [4.78, 5) is 24.1. The molecule has 1 amide bonds. The van der Waals surface area contributed by atoms with Gasteiger partial charge in [0.05, 0.1) is 37.2 Å². The molecule has 0 bridgehead atoms. The number of piperidine rings is 1.